The maximum absolute atomic E-state index is 11.0. The van der Waals surface area contributed by atoms with Crippen molar-refractivity contribution in [3.05, 3.63) is 51.5 Å². The predicted octanol–water partition coefficient (Wildman–Crippen LogP) is 3.82. The van der Waals surface area contributed by atoms with Crippen LogP contribution in [0.3, 0.4) is 0 Å². The van der Waals surface area contributed by atoms with Gasteiger partial charge in [0.25, 0.3) is 0 Å². The highest BCUT2D eigenvalue weighted by atomic mass is 32.1. The molecular formula is C17H21NOS. The lowest BCUT2D eigenvalue weighted by atomic mass is 9.92. The van der Waals surface area contributed by atoms with Gasteiger partial charge in [-0.2, -0.15) is 0 Å². The Hall–Kier alpha value is -1.19. The van der Waals surface area contributed by atoms with Gasteiger partial charge in [0.2, 0.25) is 0 Å². The number of benzene rings is 1. The number of aromatic nitrogens is 1. The fourth-order valence-corrected chi connectivity index (χ4v) is 3.97. The van der Waals surface area contributed by atoms with Gasteiger partial charge in [0, 0.05) is 17.2 Å². The van der Waals surface area contributed by atoms with Crippen molar-refractivity contribution >= 4 is 11.3 Å². The minimum Gasteiger partial charge on any atom is -0.385 e. The van der Waals surface area contributed by atoms with E-state index in [0.29, 0.717) is 6.42 Å². The molecule has 1 atom stereocenters. The van der Waals surface area contributed by atoms with Crippen molar-refractivity contribution in [2.45, 2.75) is 51.0 Å². The molecule has 3 rings (SSSR count). The lowest BCUT2D eigenvalue weighted by molar-refractivity contribution is 0.0388. The molecule has 3 heteroatoms. The van der Waals surface area contributed by atoms with Crippen molar-refractivity contribution in [1.82, 2.24) is 4.98 Å². The van der Waals surface area contributed by atoms with Crippen LogP contribution >= 0.6 is 11.3 Å². The van der Waals surface area contributed by atoms with Crippen molar-refractivity contribution in [3.63, 3.8) is 0 Å². The van der Waals surface area contributed by atoms with E-state index in [1.165, 1.54) is 5.56 Å². The third-order valence-electron chi connectivity index (χ3n) is 4.09. The molecule has 0 spiro atoms. The second-order valence-electron chi connectivity index (χ2n) is 6.74. The number of hydrogen-bond acceptors (Lipinski definition) is 3. The van der Waals surface area contributed by atoms with Crippen LogP contribution in [0.15, 0.2) is 29.6 Å². The molecule has 20 heavy (non-hydrogen) atoms. The average Bonchev–Trinajstić information content (AvgIpc) is 2.96. The molecule has 1 aliphatic rings. The molecule has 2 nitrogen and oxygen atoms in total. The van der Waals surface area contributed by atoms with E-state index in [9.17, 15) is 5.11 Å². The number of fused-ring (bicyclic) bond motifs is 1. The van der Waals surface area contributed by atoms with Crippen molar-refractivity contribution in [1.29, 1.82) is 0 Å². The molecule has 0 radical (unpaired) electrons. The van der Waals surface area contributed by atoms with Gasteiger partial charge in [-0.15, -0.1) is 11.3 Å². The summed E-state index contributed by atoms with van der Waals surface area (Å²) in [4.78, 5) is 4.72. The minimum absolute atomic E-state index is 0.0744. The SMILES string of the molecule is CC(C)(C)c1csc(CC2(O)CCc3ccccc32)n1. The number of thiazole rings is 1. The van der Waals surface area contributed by atoms with Crippen LogP contribution in [-0.4, -0.2) is 10.1 Å². The largest absolute Gasteiger partial charge is 0.385 e. The Morgan fingerprint density at radius 2 is 2.05 bits per heavy atom. The third kappa shape index (κ3) is 2.40. The first-order valence-electron chi connectivity index (χ1n) is 7.14. The van der Waals surface area contributed by atoms with Crippen LogP contribution in [0.4, 0.5) is 0 Å². The van der Waals surface area contributed by atoms with E-state index in [0.717, 1.165) is 29.1 Å². The maximum atomic E-state index is 11.0. The van der Waals surface area contributed by atoms with Gasteiger partial charge in [0.1, 0.15) is 0 Å². The number of aliphatic hydroxyl groups is 1. The van der Waals surface area contributed by atoms with Crippen LogP contribution in [0.5, 0.6) is 0 Å². The van der Waals surface area contributed by atoms with Crippen LogP contribution < -0.4 is 0 Å². The Morgan fingerprint density at radius 3 is 2.75 bits per heavy atom. The summed E-state index contributed by atoms with van der Waals surface area (Å²) in [6.07, 6.45) is 2.39. The summed E-state index contributed by atoms with van der Waals surface area (Å²) in [5.74, 6) is 0. The van der Waals surface area contributed by atoms with Gasteiger partial charge >= 0.3 is 0 Å². The first kappa shape index (κ1) is 13.8. The molecule has 1 aromatic heterocycles. The monoisotopic (exact) mass is 287 g/mol. The summed E-state index contributed by atoms with van der Waals surface area (Å²) < 4.78 is 0. The van der Waals surface area contributed by atoms with E-state index in [4.69, 9.17) is 4.98 Å². The molecule has 0 bridgehead atoms. The molecule has 0 aliphatic heterocycles. The first-order valence-corrected chi connectivity index (χ1v) is 8.02. The molecule has 0 saturated carbocycles. The Labute approximate surface area is 124 Å². The molecule has 0 fully saturated rings. The van der Waals surface area contributed by atoms with Crippen LogP contribution in [0.2, 0.25) is 0 Å². The topological polar surface area (TPSA) is 33.1 Å². The minimum atomic E-state index is -0.733. The summed E-state index contributed by atoms with van der Waals surface area (Å²) in [6, 6.07) is 8.24. The van der Waals surface area contributed by atoms with Gasteiger partial charge in [-0.05, 0) is 24.0 Å². The summed E-state index contributed by atoms with van der Waals surface area (Å²) in [5, 5.41) is 14.1. The molecule has 106 valence electrons. The molecular weight excluding hydrogens is 266 g/mol. The van der Waals surface area contributed by atoms with E-state index in [1.54, 1.807) is 11.3 Å². The van der Waals surface area contributed by atoms with Gasteiger partial charge < -0.3 is 5.11 Å². The Bertz CT molecular complexity index is 626. The standard InChI is InChI=1S/C17H21NOS/c1-16(2,3)14-11-20-15(18-14)10-17(19)9-8-12-6-4-5-7-13(12)17/h4-7,11,19H,8-10H2,1-3H3. The average molecular weight is 287 g/mol. The lowest BCUT2D eigenvalue weighted by Crippen LogP contribution is -2.25. The molecule has 1 aromatic carbocycles. The van der Waals surface area contributed by atoms with E-state index >= 15 is 0 Å². The molecule has 1 unspecified atom stereocenters. The molecule has 1 aliphatic carbocycles. The zero-order valence-corrected chi connectivity index (χ0v) is 13.1. The van der Waals surface area contributed by atoms with Gasteiger partial charge in [-0.25, -0.2) is 4.98 Å². The first-order chi connectivity index (χ1) is 9.38. The third-order valence-corrected chi connectivity index (χ3v) is 4.94. The molecule has 1 N–H and O–H groups in total. The van der Waals surface area contributed by atoms with Crippen molar-refractivity contribution in [2.75, 3.05) is 0 Å². The summed E-state index contributed by atoms with van der Waals surface area (Å²) in [5.41, 5.74) is 2.83. The van der Waals surface area contributed by atoms with Crippen LogP contribution in [0.25, 0.3) is 0 Å². The van der Waals surface area contributed by atoms with Crippen LogP contribution in [0, 0.1) is 0 Å². The zero-order valence-electron chi connectivity index (χ0n) is 12.3. The predicted molar refractivity (Wildman–Crippen MR) is 83.2 cm³/mol. The maximum Gasteiger partial charge on any atom is 0.0965 e. The smallest absolute Gasteiger partial charge is 0.0965 e. The van der Waals surface area contributed by atoms with E-state index in [2.05, 4.69) is 38.3 Å². The summed E-state index contributed by atoms with van der Waals surface area (Å²) in [6.45, 7) is 6.52. The van der Waals surface area contributed by atoms with E-state index < -0.39 is 5.60 Å². The molecule has 0 saturated heterocycles. The Morgan fingerprint density at radius 1 is 1.30 bits per heavy atom. The molecule has 2 aromatic rings. The highest BCUT2D eigenvalue weighted by Crippen LogP contribution is 2.40. The highest BCUT2D eigenvalue weighted by molar-refractivity contribution is 7.09. The van der Waals surface area contributed by atoms with Gasteiger partial charge in [0.15, 0.2) is 0 Å². The number of rotatable bonds is 2. The molecule has 0 amide bonds. The van der Waals surface area contributed by atoms with Gasteiger partial charge in [-0.1, -0.05) is 45.0 Å². The Balaban J connectivity index is 1.87. The van der Waals surface area contributed by atoms with Crippen LogP contribution in [-0.2, 0) is 23.9 Å². The second-order valence-corrected chi connectivity index (χ2v) is 7.68. The van der Waals surface area contributed by atoms with E-state index in [1.807, 2.05) is 12.1 Å². The number of aryl methyl sites for hydroxylation is 1. The number of nitrogens with zero attached hydrogens (tertiary/aromatic N) is 1. The van der Waals surface area contributed by atoms with Gasteiger partial charge in [-0.3, -0.25) is 0 Å². The quantitative estimate of drug-likeness (QED) is 0.911. The normalized spacial score (nSPS) is 22.0. The molecule has 1 heterocycles. The van der Waals surface area contributed by atoms with Gasteiger partial charge in [0.05, 0.1) is 16.3 Å². The lowest BCUT2D eigenvalue weighted by Gasteiger charge is -2.23. The summed E-state index contributed by atoms with van der Waals surface area (Å²) >= 11 is 1.67. The highest BCUT2D eigenvalue weighted by Gasteiger charge is 2.37. The zero-order chi connectivity index (χ0) is 14.4. The number of hydrogen-bond donors (Lipinski definition) is 1. The fourth-order valence-electron chi connectivity index (χ4n) is 2.84. The van der Waals surface area contributed by atoms with Crippen molar-refractivity contribution in [3.8, 4) is 0 Å². The van der Waals surface area contributed by atoms with Crippen molar-refractivity contribution < 1.29 is 5.11 Å². The Kier molecular flexibility index (Phi) is 3.22. The van der Waals surface area contributed by atoms with Crippen molar-refractivity contribution in [2.24, 2.45) is 0 Å². The second kappa shape index (κ2) is 4.68. The fraction of sp³-hybridized carbons (Fsp3) is 0.471. The summed E-state index contributed by atoms with van der Waals surface area (Å²) in [7, 11) is 0. The van der Waals surface area contributed by atoms with E-state index in [-0.39, 0.29) is 5.41 Å². The van der Waals surface area contributed by atoms with Crippen LogP contribution in [0.1, 0.15) is 49.0 Å².